The molecule has 1 saturated heterocycles. The quantitative estimate of drug-likeness (QED) is 0.769. The summed E-state index contributed by atoms with van der Waals surface area (Å²) in [7, 11) is -3.50. The van der Waals surface area contributed by atoms with E-state index in [0.29, 0.717) is 25.9 Å². The predicted molar refractivity (Wildman–Crippen MR) is 71.4 cm³/mol. The lowest BCUT2D eigenvalue weighted by molar-refractivity contribution is -0.129. The fourth-order valence-corrected chi connectivity index (χ4v) is 4.97. The minimum atomic E-state index is -3.50. The third kappa shape index (κ3) is 3.16. The molecule has 1 saturated carbocycles. The van der Waals surface area contributed by atoms with E-state index in [2.05, 4.69) is 0 Å². The van der Waals surface area contributed by atoms with Gasteiger partial charge in [-0.2, -0.15) is 0 Å². The molecule has 0 aromatic heterocycles. The Morgan fingerprint density at radius 1 is 1.26 bits per heavy atom. The third-order valence-electron chi connectivity index (χ3n) is 4.24. The van der Waals surface area contributed by atoms with Crippen LogP contribution in [-0.2, 0) is 19.4 Å². The summed E-state index contributed by atoms with van der Waals surface area (Å²) in [5.41, 5.74) is 0. The topological polar surface area (TPSA) is 71.5 Å². The second kappa shape index (κ2) is 5.61. The van der Waals surface area contributed by atoms with Crippen molar-refractivity contribution in [2.75, 3.05) is 18.8 Å². The molecule has 2 aliphatic rings. The first-order valence-electron chi connectivity index (χ1n) is 6.94. The van der Waals surface area contributed by atoms with Crippen molar-refractivity contribution in [2.24, 2.45) is 5.92 Å². The van der Waals surface area contributed by atoms with Gasteiger partial charge < -0.3 is 4.90 Å². The Hall–Kier alpha value is -0.910. The highest BCUT2D eigenvalue weighted by Gasteiger charge is 2.41. The Morgan fingerprint density at radius 2 is 1.89 bits per heavy atom. The molecule has 0 aromatic carbocycles. The number of ketones is 1. The van der Waals surface area contributed by atoms with E-state index in [1.54, 1.807) is 11.8 Å². The van der Waals surface area contributed by atoms with Crippen LogP contribution in [0.25, 0.3) is 0 Å². The molecule has 0 aromatic rings. The number of sulfone groups is 1. The highest BCUT2D eigenvalue weighted by atomic mass is 32.2. The van der Waals surface area contributed by atoms with Crippen LogP contribution in [0.3, 0.4) is 0 Å². The summed E-state index contributed by atoms with van der Waals surface area (Å²) >= 11 is 0. The molecule has 0 bridgehead atoms. The van der Waals surface area contributed by atoms with E-state index in [9.17, 15) is 18.0 Å². The Labute approximate surface area is 114 Å². The molecule has 2 rings (SSSR count). The van der Waals surface area contributed by atoms with E-state index in [1.165, 1.54) is 0 Å². The molecule has 6 heteroatoms. The normalized spacial score (nSPS) is 28.7. The van der Waals surface area contributed by atoms with Crippen LogP contribution < -0.4 is 0 Å². The second-order valence-electron chi connectivity index (χ2n) is 5.58. The molecule has 0 radical (unpaired) electrons. The highest BCUT2D eigenvalue weighted by molar-refractivity contribution is 7.92. The highest BCUT2D eigenvalue weighted by Crippen LogP contribution is 2.28. The van der Waals surface area contributed by atoms with Gasteiger partial charge in [-0.3, -0.25) is 9.59 Å². The Balaban J connectivity index is 2.00. The van der Waals surface area contributed by atoms with Gasteiger partial charge in [0.05, 0.1) is 5.25 Å². The van der Waals surface area contributed by atoms with Crippen molar-refractivity contribution in [3.05, 3.63) is 0 Å². The molecule has 2 fully saturated rings. The van der Waals surface area contributed by atoms with Gasteiger partial charge in [-0.25, -0.2) is 8.42 Å². The number of carbonyl (C=O) groups is 2. The van der Waals surface area contributed by atoms with Crippen LogP contribution >= 0.6 is 0 Å². The Morgan fingerprint density at radius 3 is 2.42 bits per heavy atom. The molecule has 5 nitrogen and oxygen atoms in total. The van der Waals surface area contributed by atoms with Crippen molar-refractivity contribution < 1.29 is 18.0 Å². The zero-order chi connectivity index (χ0) is 14.0. The molecule has 1 amide bonds. The van der Waals surface area contributed by atoms with Crippen LogP contribution in [0.15, 0.2) is 0 Å². The van der Waals surface area contributed by atoms with Crippen molar-refractivity contribution in [1.82, 2.24) is 4.90 Å². The molecule has 108 valence electrons. The summed E-state index contributed by atoms with van der Waals surface area (Å²) in [4.78, 5) is 25.1. The number of nitrogens with zero attached hydrogens (tertiary/aromatic N) is 1. The maximum absolute atomic E-state index is 12.2. The van der Waals surface area contributed by atoms with Crippen LogP contribution in [0, 0.1) is 5.92 Å². The summed E-state index contributed by atoms with van der Waals surface area (Å²) in [5, 5.41) is -0.659. The first-order valence-corrected chi connectivity index (χ1v) is 8.65. The van der Waals surface area contributed by atoms with Gasteiger partial charge in [0.25, 0.3) is 0 Å². The summed E-state index contributed by atoms with van der Waals surface area (Å²) in [5.74, 6) is -1.20. The molecule has 19 heavy (non-hydrogen) atoms. The van der Waals surface area contributed by atoms with Crippen molar-refractivity contribution in [3.63, 3.8) is 0 Å². The number of hydrogen-bond acceptors (Lipinski definition) is 4. The fourth-order valence-electron chi connectivity index (χ4n) is 2.97. The van der Waals surface area contributed by atoms with E-state index < -0.39 is 26.8 Å². The van der Waals surface area contributed by atoms with E-state index in [1.807, 2.05) is 0 Å². The number of piperidine rings is 1. The molecular weight excluding hydrogens is 266 g/mol. The number of carbonyl (C=O) groups excluding carboxylic acids is 2. The molecule has 1 aliphatic heterocycles. The number of Topliss-reactive ketones (excluding diaryl/α,β-unsaturated/α-hetero) is 1. The van der Waals surface area contributed by atoms with Crippen molar-refractivity contribution in [1.29, 1.82) is 0 Å². The standard InChI is InChI=1S/C13H21NO4S/c1-10-11(15)5-6-12(10)19(17,18)9-13(16)14-7-3-2-4-8-14/h10,12H,2-9H2,1H3. The van der Waals surface area contributed by atoms with Crippen molar-refractivity contribution in [3.8, 4) is 0 Å². The monoisotopic (exact) mass is 287 g/mol. The zero-order valence-electron chi connectivity index (χ0n) is 11.3. The molecule has 0 N–H and O–H groups in total. The van der Waals surface area contributed by atoms with Crippen molar-refractivity contribution in [2.45, 2.75) is 44.3 Å². The maximum atomic E-state index is 12.2. The lowest BCUT2D eigenvalue weighted by atomic mass is 10.1. The first kappa shape index (κ1) is 14.5. The number of likely N-dealkylation sites (tertiary alicyclic amines) is 1. The van der Waals surface area contributed by atoms with Gasteiger partial charge in [-0.15, -0.1) is 0 Å². The van der Waals surface area contributed by atoms with Crippen LogP contribution in [0.4, 0.5) is 0 Å². The van der Waals surface area contributed by atoms with E-state index in [-0.39, 0.29) is 11.7 Å². The number of rotatable bonds is 3. The van der Waals surface area contributed by atoms with Gasteiger partial charge >= 0.3 is 0 Å². The van der Waals surface area contributed by atoms with E-state index >= 15 is 0 Å². The second-order valence-corrected chi connectivity index (χ2v) is 7.80. The molecular formula is C13H21NO4S. The SMILES string of the molecule is CC1C(=O)CCC1S(=O)(=O)CC(=O)N1CCCCC1. The predicted octanol–water partition coefficient (Wildman–Crippen LogP) is 0.781. The van der Waals surface area contributed by atoms with Gasteiger partial charge in [0, 0.05) is 25.4 Å². The molecule has 1 heterocycles. The van der Waals surface area contributed by atoms with Crippen LogP contribution in [0.5, 0.6) is 0 Å². The lowest BCUT2D eigenvalue weighted by Gasteiger charge is -2.27. The first-order chi connectivity index (χ1) is 8.92. The van der Waals surface area contributed by atoms with Gasteiger partial charge in [0.2, 0.25) is 5.91 Å². The molecule has 1 aliphatic carbocycles. The Kier molecular flexibility index (Phi) is 4.28. The zero-order valence-corrected chi connectivity index (χ0v) is 12.1. The minimum Gasteiger partial charge on any atom is -0.342 e. The van der Waals surface area contributed by atoms with Gasteiger partial charge in [-0.1, -0.05) is 6.92 Å². The van der Waals surface area contributed by atoms with Crippen LogP contribution in [0.2, 0.25) is 0 Å². The van der Waals surface area contributed by atoms with Crippen LogP contribution in [-0.4, -0.2) is 49.1 Å². The third-order valence-corrected chi connectivity index (χ3v) is 6.45. The number of amides is 1. The smallest absolute Gasteiger partial charge is 0.237 e. The summed E-state index contributed by atoms with van der Waals surface area (Å²) in [6, 6.07) is 0. The average Bonchev–Trinajstić information content (AvgIpc) is 2.71. The minimum absolute atomic E-state index is 0.000929. The lowest BCUT2D eigenvalue weighted by Crippen LogP contribution is -2.41. The molecule has 2 unspecified atom stereocenters. The van der Waals surface area contributed by atoms with E-state index in [0.717, 1.165) is 19.3 Å². The van der Waals surface area contributed by atoms with Gasteiger partial charge in [0.15, 0.2) is 9.84 Å². The summed E-state index contributed by atoms with van der Waals surface area (Å²) in [6.45, 7) is 2.98. The summed E-state index contributed by atoms with van der Waals surface area (Å²) in [6.07, 6.45) is 3.69. The molecule has 2 atom stereocenters. The Bertz CT molecular complexity index is 465. The van der Waals surface area contributed by atoms with Crippen molar-refractivity contribution >= 4 is 21.5 Å². The van der Waals surface area contributed by atoms with Gasteiger partial charge in [0.1, 0.15) is 11.5 Å². The largest absolute Gasteiger partial charge is 0.342 e. The fraction of sp³-hybridized carbons (Fsp3) is 0.846. The summed E-state index contributed by atoms with van der Waals surface area (Å²) < 4.78 is 24.5. The average molecular weight is 287 g/mol. The maximum Gasteiger partial charge on any atom is 0.237 e. The van der Waals surface area contributed by atoms with Crippen LogP contribution in [0.1, 0.15) is 39.0 Å². The van der Waals surface area contributed by atoms with E-state index in [4.69, 9.17) is 0 Å². The number of hydrogen-bond donors (Lipinski definition) is 0. The molecule has 0 spiro atoms. The van der Waals surface area contributed by atoms with Gasteiger partial charge in [-0.05, 0) is 25.7 Å².